The van der Waals surface area contributed by atoms with Gasteiger partial charge < -0.3 is 23.7 Å². The molecule has 0 fully saturated rings. The molecule has 0 saturated heterocycles. The fourth-order valence-electron chi connectivity index (χ4n) is 2.22. The van der Waals surface area contributed by atoms with Gasteiger partial charge in [-0.15, -0.1) is 0 Å². The molecule has 7 heteroatoms. The van der Waals surface area contributed by atoms with Crippen LogP contribution in [0, 0.1) is 5.92 Å². The number of carbonyl (C=O) groups is 2. The number of rotatable bonds is 9. The summed E-state index contributed by atoms with van der Waals surface area (Å²) in [5, 5.41) is 0. The molecule has 0 aliphatic rings. The van der Waals surface area contributed by atoms with E-state index in [2.05, 4.69) is 0 Å². The molecule has 0 amide bonds. The fraction of sp³-hybridized carbons (Fsp3) is 0.529. The smallest absolute Gasteiger partial charge is 0.320 e. The fourth-order valence-corrected chi connectivity index (χ4v) is 2.22. The van der Waals surface area contributed by atoms with Crippen LogP contribution in [-0.2, 0) is 25.5 Å². The molecule has 0 radical (unpaired) electrons. The van der Waals surface area contributed by atoms with E-state index in [0.717, 1.165) is 0 Å². The molecular formula is C17H24O7. The van der Waals surface area contributed by atoms with Crippen LogP contribution < -0.4 is 14.2 Å². The molecule has 1 rings (SSSR count). The summed E-state index contributed by atoms with van der Waals surface area (Å²) in [6.07, 6.45) is 0.0706. The normalized spacial score (nSPS) is 10.2. The van der Waals surface area contributed by atoms with Crippen molar-refractivity contribution in [2.24, 2.45) is 5.92 Å². The predicted molar refractivity (Wildman–Crippen MR) is 86.6 cm³/mol. The first-order valence-electron chi connectivity index (χ1n) is 7.64. The van der Waals surface area contributed by atoms with Crippen LogP contribution in [0.25, 0.3) is 0 Å². The molecule has 0 aliphatic heterocycles. The van der Waals surface area contributed by atoms with Crippen LogP contribution in [0.5, 0.6) is 17.2 Å². The first-order valence-corrected chi connectivity index (χ1v) is 7.64. The van der Waals surface area contributed by atoms with Crippen molar-refractivity contribution >= 4 is 11.9 Å². The van der Waals surface area contributed by atoms with Crippen molar-refractivity contribution < 1.29 is 33.3 Å². The maximum Gasteiger partial charge on any atom is 0.320 e. The van der Waals surface area contributed by atoms with Crippen molar-refractivity contribution in [1.82, 2.24) is 0 Å². The third-order valence-corrected chi connectivity index (χ3v) is 3.35. The Morgan fingerprint density at radius 2 is 1.29 bits per heavy atom. The molecule has 0 aliphatic carbocycles. The number of carbonyl (C=O) groups excluding carboxylic acids is 2. The van der Waals surface area contributed by atoms with Crippen molar-refractivity contribution in [2.45, 2.75) is 20.3 Å². The summed E-state index contributed by atoms with van der Waals surface area (Å²) in [7, 11) is 4.51. The highest BCUT2D eigenvalue weighted by Gasteiger charge is 2.31. The van der Waals surface area contributed by atoms with Crippen LogP contribution in [-0.4, -0.2) is 46.5 Å². The van der Waals surface area contributed by atoms with E-state index < -0.39 is 17.9 Å². The molecule has 0 unspecified atom stereocenters. The second-order valence-electron chi connectivity index (χ2n) is 4.78. The summed E-state index contributed by atoms with van der Waals surface area (Å²) < 4.78 is 25.8. The summed E-state index contributed by atoms with van der Waals surface area (Å²) in [5.74, 6) is -0.898. The predicted octanol–water partition coefficient (Wildman–Crippen LogP) is 2.00. The molecular weight excluding hydrogens is 316 g/mol. The van der Waals surface area contributed by atoms with Gasteiger partial charge in [0.15, 0.2) is 17.4 Å². The Balaban J connectivity index is 3.20. The molecule has 0 bridgehead atoms. The van der Waals surface area contributed by atoms with Gasteiger partial charge >= 0.3 is 11.9 Å². The first-order chi connectivity index (χ1) is 11.5. The highest BCUT2D eigenvalue weighted by atomic mass is 16.6. The van der Waals surface area contributed by atoms with Gasteiger partial charge in [-0.2, -0.15) is 0 Å². The molecule has 7 nitrogen and oxygen atoms in total. The van der Waals surface area contributed by atoms with Gasteiger partial charge in [0.05, 0.1) is 34.5 Å². The van der Waals surface area contributed by atoms with E-state index in [9.17, 15) is 9.59 Å². The van der Waals surface area contributed by atoms with Crippen molar-refractivity contribution in [3.8, 4) is 17.2 Å². The molecule has 1 aromatic rings. The third-order valence-electron chi connectivity index (χ3n) is 3.35. The van der Waals surface area contributed by atoms with Gasteiger partial charge in [-0.25, -0.2) is 0 Å². The van der Waals surface area contributed by atoms with Crippen molar-refractivity contribution in [1.29, 1.82) is 0 Å². The summed E-state index contributed by atoms with van der Waals surface area (Å²) in [5.41, 5.74) is 0.612. The lowest BCUT2D eigenvalue weighted by molar-refractivity contribution is -0.161. The minimum absolute atomic E-state index is 0.0706. The first kappa shape index (κ1) is 19.6. The average molecular weight is 340 g/mol. The van der Waals surface area contributed by atoms with Gasteiger partial charge in [0.2, 0.25) is 0 Å². The molecule has 0 heterocycles. The third kappa shape index (κ3) is 4.78. The standard InChI is InChI=1S/C17H24O7/c1-6-23-16(18)12(17(19)24-7-2)8-11-9-14(21-4)15(22-5)10-13(11)20-3/h9-10,12H,6-8H2,1-5H3. The number of methoxy groups -OCH3 is 3. The number of hydrogen-bond acceptors (Lipinski definition) is 7. The summed E-state index contributed by atoms with van der Waals surface area (Å²) in [4.78, 5) is 24.2. The van der Waals surface area contributed by atoms with E-state index >= 15 is 0 Å². The quantitative estimate of drug-likeness (QED) is 0.502. The zero-order valence-electron chi connectivity index (χ0n) is 14.7. The van der Waals surface area contributed by atoms with Gasteiger partial charge in [-0.05, 0) is 25.5 Å². The van der Waals surface area contributed by atoms with Crippen LogP contribution in [0.15, 0.2) is 12.1 Å². The highest BCUT2D eigenvalue weighted by Crippen LogP contribution is 2.36. The minimum Gasteiger partial charge on any atom is -0.496 e. The van der Waals surface area contributed by atoms with Crippen molar-refractivity contribution in [2.75, 3.05) is 34.5 Å². The highest BCUT2D eigenvalue weighted by molar-refractivity contribution is 5.95. The van der Waals surface area contributed by atoms with Crippen LogP contribution in [0.4, 0.5) is 0 Å². The van der Waals surface area contributed by atoms with E-state index in [0.29, 0.717) is 22.8 Å². The average Bonchev–Trinajstić information content (AvgIpc) is 2.59. The number of ether oxygens (including phenoxy) is 5. The molecule has 0 N–H and O–H groups in total. The second-order valence-corrected chi connectivity index (χ2v) is 4.78. The molecule has 0 aromatic heterocycles. The largest absolute Gasteiger partial charge is 0.496 e. The monoisotopic (exact) mass is 340 g/mol. The Morgan fingerprint density at radius 1 is 0.833 bits per heavy atom. The van der Waals surface area contributed by atoms with Gasteiger partial charge in [0.1, 0.15) is 5.75 Å². The van der Waals surface area contributed by atoms with Gasteiger partial charge in [-0.1, -0.05) is 0 Å². The Hall–Kier alpha value is -2.44. The van der Waals surface area contributed by atoms with Crippen LogP contribution in [0.3, 0.4) is 0 Å². The lowest BCUT2D eigenvalue weighted by Gasteiger charge is -2.18. The molecule has 0 atom stereocenters. The van der Waals surface area contributed by atoms with Crippen molar-refractivity contribution in [3.05, 3.63) is 17.7 Å². The molecule has 0 saturated carbocycles. The number of benzene rings is 1. The topological polar surface area (TPSA) is 80.3 Å². The summed E-state index contributed by atoms with van der Waals surface area (Å²) >= 11 is 0. The molecule has 1 aromatic carbocycles. The lowest BCUT2D eigenvalue weighted by atomic mass is 9.98. The Kier molecular flexibility index (Phi) is 7.88. The Bertz CT molecular complexity index is 550. The van der Waals surface area contributed by atoms with Crippen molar-refractivity contribution in [3.63, 3.8) is 0 Å². The lowest BCUT2D eigenvalue weighted by Crippen LogP contribution is -2.30. The van der Waals surface area contributed by atoms with E-state index in [4.69, 9.17) is 23.7 Å². The number of esters is 2. The van der Waals surface area contributed by atoms with E-state index in [-0.39, 0.29) is 19.6 Å². The molecule has 0 spiro atoms. The summed E-state index contributed by atoms with van der Waals surface area (Å²) in [6.45, 7) is 3.71. The summed E-state index contributed by atoms with van der Waals surface area (Å²) in [6, 6.07) is 3.31. The van der Waals surface area contributed by atoms with E-state index in [1.807, 2.05) is 0 Å². The van der Waals surface area contributed by atoms with E-state index in [1.165, 1.54) is 21.3 Å². The van der Waals surface area contributed by atoms with Crippen LogP contribution >= 0.6 is 0 Å². The zero-order chi connectivity index (χ0) is 18.1. The maximum atomic E-state index is 12.1. The Labute approximate surface area is 141 Å². The number of hydrogen-bond donors (Lipinski definition) is 0. The molecule has 24 heavy (non-hydrogen) atoms. The van der Waals surface area contributed by atoms with Crippen LogP contribution in [0.2, 0.25) is 0 Å². The van der Waals surface area contributed by atoms with Gasteiger partial charge in [-0.3, -0.25) is 9.59 Å². The van der Waals surface area contributed by atoms with Gasteiger partial charge in [0.25, 0.3) is 0 Å². The van der Waals surface area contributed by atoms with E-state index in [1.54, 1.807) is 26.0 Å². The second kappa shape index (κ2) is 9.64. The minimum atomic E-state index is -1.07. The van der Waals surface area contributed by atoms with Gasteiger partial charge in [0, 0.05) is 12.5 Å². The SMILES string of the molecule is CCOC(=O)C(Cc1cc(OC)c(OC)cc1OC)C(=O)OCC. The molecule has 134 valence electrons. The Morgan fingerprint density at radius 3 is 1.71 bits per heavy atom. The van der Waals surface area contributed by atoms with Crippen LogP contribution in [0.1, 0.15) is 19.4 Å². The maximum absolute atomic E-state index is 12.1. The zero-order valence-corrected chi connectivity index (χ0v) is 14.7.